The standard InChI is InChI=1S/C28H24N2O9S/c1-15-10-12-16(13-11-15)40-28-22(29-25(33)17-6-2-3-7-18(17)26(29)34)24(32)23(31)21(39-28)14-38-27(35)19-8-4-5-9-20(19)30(36)37/h2-13,21-24,28,31-32H,14H2,1H3/t21-,22-,23-,24-,28+/m1/s1. The number of nitro groups is 1. The highest BCUT2D eigenvalue weighted by Crippen LogP contribution is 2.39. The zero-order valence-corrected chi connectivity index (χ0v) is 21.9. The van der Waals surface area contributed by atoms with Crippen molar-refractivity contribution in [3.63, 3.8) is 0 Å². The maximum Gasteiger partial charge on any atom is 0.345 e. The zero-order valence-electron chi connectivity index (χ0n) is 21.1. The van der Waals surface area contributed by atoms with Gasteiger partial charge in [-0.05, 0) is 37.3 Å². The van der Waals surface area contributed by atoms with Crippen molar-refractivity contribution in [3.05, 3.63) is 105 Å². The van der Waals surface area contributed by atoms with Gasteiger partial charge in [0.25, 0.3) is 17.5 Å². The van der Waals surface area contributed by atoms with Crippen LogP contribution in [0.4, 0.5) is 5.69 Å². The number of nitrogens with zero attached hydrogens (tertiary/aromatic N) is 2. The van der Waals surface area contributed by atoms with E-state index in [4.69, 9.17) is 9.47 Å². The zero-order chi connectivity index (χ0) is 28.6. The number of ether oxygens (including phenoxy) is 2. The number of amides is 2. The molecule has 0 aliphatic carbocycles. The number of imide groups is 1. The van der Waals surface area contributed by atoms with E-state index in [9.17, 15) is 34.7 Å². The number of hydrogen-bond acceptors (Lipinski definition) is 10. The molecule has 5 atom stereocenters. The average molecular weight is 565 g/mol. The maximum absolute atomic E-state index is 13.3. The van der Waals surface area contributed by atoms with Crippen molar-refractivity contribution in [1.82, 2.24) is 4.90 Å². The molecule has 2 heterocycles. The molecule has 1 fully saturated rings. The van der Waals surface area contributed by atoms with Gasteiger partial charge in [0.15, 0.2) is 0 Å². The van der Waals surface area contributed by atoms with Crippen LogP contribution in [0.25, 0.3) is 0 Å². The summed E-state index contributed by atoms with van der Waals surface area (Å²) in [6.07, 6.45) is -4.59. The molecule has 0 saturated carbocycles. The Balaban J connectivity index is 1.41. The first kappa shape index (κ1) is 27.5. The lowest BCUT2D eigenvalue weighted by Gasteiger charge is -2.45. The van der Waals surface area contributed by atoms with E-state index < -0.39 is 64.8 Å². The molecule has 1 saturated heterocycles. The van der Waals surface area contributed by atoms with Gasteiger partial charge in [-0.2, -0.15) is 0 Å². The third-order valence-corrected chi connectivity index (χ3v) is 7.93. The molecule has 40 heavy (non-hydrogen) atoms. The van der Waals surface area contributed by atoms with Crippen molar-refractivity contribution in [1.29, 1.82) is 0 Å². The fraction of sp³-hybridized carbons (Fsp3) is 0.250. The Morgan fingerprint density at radius 2 is 1.57 bits per heavy atom. The molecule has 2 N–H and O–H groups in total. The van der Waals surface area contributed by atoms with Gasteiger partial charge in [-0.25, -0.2) is 4.79 Å². The van der Waals surface area contributed by atoms with Crippen molar-refractivity contribution in [3.8, 4) is 0 Å². The normalized spacial score (nSPS) is 24.1. The first-order valence-electron chi connectivity index (χ1n) is 12.3. The SMILES string of the molecule is Cc1ccc(S[C@@H]2O[C@H](COC(=O)c3ccccc3[N+](=O)[O-])[C@@H](O)[C@H](O)[C@H]2N2C(=O)c3ccccc3C2=O)cc1. The van der Waals surface area contributed by atoms with E-state index >= 15 is 0 Å². The van der Waals surface area contributed by atoms with Crippen LogP contribution in [-0.2, 0) is 9.47 Å². The third kappa shape index (κ3) is 5.09. The number of rotatable bonds is 7. The van der Waals surface area contributed by atoms with E-state index in [1.807, 2.05) is 31.2 Å². The second-order valence-electron chi connectivity index (χ2n) is 9.34. The highest BCUT2D eigenvalue weighted by atomic mass is 32.2. The minimum atomic E-state index is -1.66. The smallest absolute Gasteiger partial charge is 0.345 e. The number of esters is 1. The van der Waals surface area contributed by atoms with Crippen molar-refractivity contribution in [2.24, 2.45) is 0 Å². The number of thioether (sulfide) groups is 1. The molecule has 0 bridgehead atoms. The molecule has 12 heteroatoms. The molecule has 2 aliphatic rings. The Bertz CT molecular complexity index is 1440. The predicted octanol–water partition coefficient (Wildman–Crippen LogP) is 2.96. The van der Waals surface area contributed by atoms with Crippen LogP contribution in [0.5, 0.6) is 0 Å². The molecule has 2 amide bonds. The number of para-hydroxylation sites is 1. The lowest BCUT2D eigenvalue weighted by Crippen LogP contribution is -2.64. The van der Waals surface area contributed by atoms with Gasteiger partial charge in [-0.3, -0.25) is 24.6 Å². The van der Waals surface area contributed by atoms with Gasteiger partial charge < -0.3 is 19.7 Å². The summed E-state index contributed by atoms with van der Waals surface area (Å²) in [5.41, 5.74) is -0.439. The Morgan fingerprint density at radius 1 is 0.975 bits per heavy atom. The molecular weight excluding hydrogens is 540 g/mol. The van der Waals surface area contributed by atoms with Gasteiger partial charge >= 0.3 is 5.97 Å². The van der Waals surface area contributed by atoms with Gasteiger partial charge in [0.2, 0.25) is 0 Å². The fourth-order valence-electron chi connectivity index (χ4n) is 4.70. The van der Waals surface area contributed by atoms with E-state index in [0.29, 0.717) is 4.90 Å². The van der Waals surface area contributed by atoms with Crippen LogP contribution in [0, 0.1) is 17.0 Å². The molecule has 3 aromatic rings. The summed E-state index contributed by atoms with van der Waals surface area (Å²) < 4.78 is 11.3. The van der Waals surface area contributed by atoms with E-state index in [1.165, 1.54) is 30.3 Å². The molecule has 3 aromatic carbocycles. The Hall–Kier alpha value is -4.10. The predicted molar refractivity (Wildman–Crippen MR) is 142 cm³/mol. The summed E-state index contributed by atoms with van der Waals surface area (Å²) in [6, 6.07) is 17.6. The van der Waals surface area contributed by atoms with E-state index in [2.05, 4.69) is 0 Å². The number of hydrogen-bond donors (Lipinski definition) is 2. The highest BCUT2D eigenvalue weighted by molar-refractivity contribution is 7.99. The van der Waals surface area contributed by atoms with Crippen LogP contribution in [0.1, 0.15) is 36.6 Å². The number of carbonyl (C=O) groups excluding carboxylic acids is 3. The quantitative estimate of drug-likeness (QED) is 0.189. The van der Waals surface area contributed by atoms with E-state index in [-0.39, 0.29) is 16.7 Å². The van der Waals surface area contributed by atoms with Crippen molar-refractivity contribution in [2.45, 2.75) is 41.6 Å². The number of fused-ring (bicyclic) bond motifs is 1. The molecule has 0 unspecified atom stereocenters. The second kappa shape index (κ2) is 11.2. The van der Waals surface area contributed by atoms with Gasteiger partial charge in [0.1, 0.15) is 42.0 Å². The second-order valence-corrected chi connectivity index (χ2v) is 10.5. The summed E-state index contributed by atoms with van der Waals surface area (Å²) >= 11 is 1.13. The molecule has 11 nitrogen and oxygen atoms in total. The fourth-order valence-corrected chi connectivity index (χ4v) is 5.88. The van der Waals surface area contributed by atoms with Crippen molar-refractivity contribution < 1.29 is 39.0 Å². The topological polar surface area (TPSA) is 157 Å². The Labute approximate surface area is 232 Å². The summed E-state index contributed by atoms with van der Waals surface area (Å²) in [7, 11) is 0. The van der Waals surface area contributed by atoms with Crippen LogP contribution in [-0.4, -0.2) is 74.2 Å². The lowest BCUT2D eigenvalue weighted by atomic mass is 9.96. The van der Waals surface area contributed by atoms with Crippen LogP contribution in [0.15, 0.2) is 77.7 Å². The lowest BCUT2D eigenvalue weighted by molar-refractivity contribution is -0.385. The largest absolute Gasteiger partial charge is 0.459 e. The van der Waals surface area contributed by atoms with Gasteiger partial charge in [-0.15, -0.1) is 0 Å². The monoisotopic (exact) mass is 564 g/mol. The first-order chi connectivity index (χ1) is 19.2. The Kier molecular flexibility index (Phi) is 7.68. The average Bonchev–Trinajstić information content (AvgIpc) is 3.20. The van der Waals surface area contributed by atoms with E-state index in [1.54, 1.807) is 12.1 Å². The minimum absolute atomic E-state index is 0.175. The Morgan fingerprint density at radius 3 is 2.20 bits per heavy atom. The van der Waals surface area contributed by atoms with Crippen molar-refractivity contribution >= 4 is 35.2 Å². The number of aliphatic hydroxyl groups is 2. The summed E-state index contributed by atoms with van der Waals surface area (Å²) in [4.78, 5) is 51.4. The molecular formula is C28H24N2O9S. The third-order valence-electron chi connectivity index (χ3n) is 6.76. The number of nitro benzene ring substituents is 1. The molecule has 5 rings (SSSR count). The molecule has 0 radical (unpaired) electrons. The van der Waals surface area contributed by atoms with Gasteiger partial charge in [-0.1, -0.05) is 53.7 Å². The molecule has 0 spiro atoms. The number of benzene rings is 3. The number of aryl methyl sites for hydroxylation is 1. The van der Waals surface area contributed by atoms with Crippen LogP contribution in [0.2, 0.25) is 0 Å². The van der Waals surface area contributed by atoms with Crippen molar-refractivity contribution in [2.75, 3.05) is 6.61 Å². The summed E-state index contributed by atoms with van der Waals surface area (Å²) in [5, 5.41) is 33.5. The minimum Gasteiger partial charge on any atom is -0.459 e. The molecule has 206 valence electrons. The van der Waals surface area contributed by atoms with Crippen LogP contribution in [0.3, 0.4) is 0 Å². The van der Waals surface area contributed by atoms with Gasteiger partial charge in [0.05, 0.1) is 16.1 Å². The van der Waals surface area contributed by atoms with Crippen LogP contribution >= 0.6 is 11.8 Å². The maximum atomic E-state index is 13.3. The van der Waals surface area contributed by atoms with E-state index in [0.717, 1.165) is 28.3 Å². The number of carbonyl (C=O) groups is 3. The number of aliphatic hydroxyl groups excluding tert-OH is 2. The summed E-state index contributed by atoms with van der Waals surface area (Å²) in [5.74, 6) is -2.27. The highest BCUT2D eigenvalue weighted by Gasteiger charge is 2.53. The first-order valence-corrected chi connectivity index (χ1v) is 13.2. The van der Waals surface area contributed by atoms with Crippen LogP contribution < -0.4 is 0 Å². The molecule has 2 aliphatic heterocycles. The van der Waals surface area contributed by atoms with Gasteiger partial charge in [0, 0.05) is 11.0 Å². The summed E-state index contributed by atoms with van der Waals surface area (Å²) in [6.45, 7) is 1.36. The molecule has 0 aromatic heterocycles.